The van der Waals surface area contributed by atoms with Gasteiger partial charge in [0, 0.05) is 36.8 Å². The number of fused-ring (bicyclic) bond motifs is 1. The van der Waals surface area contributed by atoms with E-state index in [1.807, 2.05) is 26.8 Å². The first-order chi connectivity index (χ1) is 11.6. The summed E-state index contributed by atoms with van der Waals surface area (Å²) in [6.07, 6.45) is -0.333. The number of amides is 1. The first-order valence-corrected chi connectivity index (χ1v) is 9.80. The molecule has 1 aromatic carbocycles. The number of nitrogens with zero attached hydrogens (tertiary/aromatic N) is 2. The molecule has 0 atom stereocenters. The van der Waals surface area contributed by atoms with E-state index >= 15 is 0 Å². The molecule has 2 rings (SSSR count). The van der Waals surface area contributed by atoms with E-state index in [1.165, 1.54) is 17.4 Å². The van der Waals surface area contributed by atoms with Crippen LogP contribution in [0.15, 0.2) is 22.0 Å². The number of rotatable bonds is 5. The number of likely N-dealkylation sites (N-methyl/N-ethyl adjacent to an activating group) is 2. The van der Waals surface area contributed by atoms with Gasteiger partial charge in [-0.2, -0.15) is 0 Å². The van der Waals surface area contributed by atoms with Crippen molar-refractivity contribution in [2.45, 2.75) is 33.3 Å². The van der Waals surface area contributed by atoms with E-state index in [0.29, 0.717) is 13.1 Å². The second-order valence-electron chi connectivity index (χ2n) is 6.85. The molecule has 4 nitrogen and oxygen atoms in total. The fourth-order valence-electron chi connectivity index (χ4n) is 2.45. The van der Waals surface area contributed by atoms with Crippen LogP contribution in [0.2, 0.25) is 0 Å². The molecule has 0 bridgehead atoms. The molecule has 0 aliphatic heterocycles. The predicted octanol–water partition coefficient (Wildman–Crippen LogP) is 5.50. The topological polar surface area (TPSA) is 32.8 Å². The van der Waals surface area contributed by atoms with Crippen molar-refractivity contribution < 1.29 is 13.9 Å². The molecule has 1 heterocycles. The third-order valence-corrected chi connectivity index (χ3v) is 5.48. The summed E-state index contributed by atoms with van der Waals surface area (Å²) < 4.78 is 20.7. The lowest BCUT2D eigenvalue weighted by Crippen LogP contribution is -2.39. The Morgan fingerprint density at radius 2 is 2.00 bits per heavy atom. The Labute approximate surface area is 160 Å². The summed E-state index contributed by atoms with van der Waals surface area (Å²) in [6, 6.07) is 4.84. The van der Waals surface area contributed by atoms with Crippen LogP contribution in [0.25, 0.3) is 10.1 Å². The lowest BCUT2D eigenvalue weighted by molar-refractivity contribution is 0.0303. The maximum Gasteiger partial charge on any atom is 0.410 e. The second-order valence-corrected chi connectivity index (χ2v) is 9.22. The number of carbonyl (C=O) groups excluding carboxylic acids is 1. The molecule has 1 aromatic heterocycles. The highest BCUT2D eigenvalue weighted by Crippen LogP contribution is 2.42. The Hall–Kier alpha value is -1.34. The zero-order chi connectivity index (χ0) is 18.8. The molecule has 0 N–H and O–H groups in total. The third kappa shape index (κ3) is 5.07. The molecule has 0 fully saturated rings. The number of benzene rings is 1. The van der Waals surface area contributed by atoms with Crippen molar-refractivity contribution in [1.29, 1.82) is 0 Å². The van der Waals surface area contributed by atoms with Gasteiger partial charge in [0.15, 0.2) is 0 Å². The monoisotopic (exact) mass is 430 g/mol. The standard InChI is InChI=1S/C18H24BrFN2O2S/c1-6-22(10-9-21(5)17(23)24-18(2,3)4)15-13-8-7-12(20)11-14(13)25-16(15)19/h7-8,11H,6,9-10H2,1-5H3. The van der Waals surface area contributed by atoms with Gasteiger partial charge >= 0.3 is 6.09 Å². The van der Waals surface area contributed by atoms with Crippen molar-refractivity contribution in [3.8, 4) is 0 Å². The molecule has 0 unspecified atom stereocenters. The van der Waals surface area contributed by atoms with E-state index in [-0.39, 0.29) is 11.9 Å². The van der Waals surface area contributed by atoms with E-state index in [4.69, 9.17) is 4.74 Å². The average Bonchev–Trinajstić information content (AvgIpc) is 2.81. The lowest BCUT2D eigenvalue weighted by atomic mass is 10.2. The zero-order valence-corrected chi connectivity index (χ0v) is 17.6. The number of anilines is 1. The van der Waals surface area contributed by atoms with Gasteiger partial charge in [-0.25, -0.2) is 9.18 Å². The van der Waals surface area contributed by atoms with Gasteiger partial charge in [0.05, 0.1) is 9.47 Å². The third-order valence-electron chi connectivity index (χ3n) is 3.69. The van der Waals surface area contributed by atoms with Gasteiger partial charge < -0.3 is 14.5 Å². The summed E-state index contributed by atoms with van der Waals surface area (Å²) in [5.41, 5.74) is 0.534. The van der Waals surface area contributed by atoms with Crippen LogP contribution in [0, 0.1) is 5.82 Å². The molecule has 0 radical (unpaired) electrons. The van der Waals surface area contributed by atoms with E-state index < -0.39 is 5.60 Å². The molecule has 0 aliphatic carbocycles. The van der Waals surface area contributed by atoms with Crippen molar-refractivity contribution in [3.05, 3.63) is 27.8 Å². The molecule has 2 aromatic rings. The minimum Gasteiger partial charge on any atom is -0.444 e. The highest BCUT2D eigenvalue weighted by Gasteiger charge is 2.21. The highest BCUT2D eigenvalue weighted by molar-refractivity contribution is 9.11. The SMILES string of the molecule is CCN(CCN(C)C(=O)OC(C)(C)C)c1c(Br)sc2cc(F)ccc12. The minimum atomic E-state index is -0.507. The van der Waals surface area contributed by atoms with Crippen LogP contribution in [0.1, 0.15) is 27.7 Å². The average molecular weight is 431 g/mol. The van der Waals surface area contributed by atoms with Crippen molar-refractivity contribution in [2.24, 2.45) is 0 Å². The lowest BCUT2D eigenvalue weighted by Gasteiger charge is -2.28. The summed E-state index contributed by atoms with van der Waals surface area (Å²) in [5, 5.41) is 1.01. The summed E-state index contributed by atoms with van der Waals surface area (Å²) in [7, 11) is 1.73. The normalized spacial score (nSPS) is 11.6. The number of thiophene rings is 1. The summed E-state index contributed by atoms with van der Waals surface area (Å²) >= 11 is 5.12. The largest absolute Gasteiger partial charge is 0.444 e. The Morgan fingerprint density at radius 1 is 1.32 bits per heavy atom. The predicted molar refractivity (Wildman–Crippen MR) is 106 cm³/mol. The van der Waals surface area contributed by atoms with E-state index in [9.17, 15) is 9.18 Å². The van der Waals surface area contributed by atoms with Crippen molar-refractivity contribution in [2.75, 3.05) is 31.6 Å². The van der Waals surface area contributed by atoms with Crippen LogP contribution in [0.3, 0.4) is 0 Å². The Kier molecular flexibility index (Phi) is 6.32. The van der Waals surface area contributed by atoms with Crippen LogP contribution < -0.4 is 4.90 Å². The Bertz CT molecular complexity index is 757. The van der Waals surface area contributed by atoms with Crippen LogP contribution in [0.4, 0.5) is 14.9 Å². The number of carbonyl (C=O) groups is 1. The fourth-order valence-corrected chi connectivity index (χ4v) is 4.41. The highest BCUT2D eigenvalue weighted by atomic mass is 79.9. The van der Waals surface area contributed by atoms with E-state index in [0.717, 1.165) is 26.1 Å². The second kappa shape index (κ2) is 7.91. The molecular weight excluding hydrogens is 407 g/mol. The van der Waals surface area contributed by atoms with Crippen LogP contribution >= 0.6 is 27.3 Å². The van der Waals surface area contributed by atoms with Gasteiger partial charge in [-0.15, -0.1) is 11.3 Å². The van der Waals surface area contributed by atoms with Gasteiger partial charge in [0.2, 0.25) is 0 Å². The van der Waals surface area contributed by atoms with Crippen LogP contribution in [0.5, 0.6) is 0 Å². The molecule has 0 aliphatic rings. The van der Waals surface area contributed by atoms with Crippen LogP contribution in [-0.4, -0.2) is 43.3 Å². The number of ether oxygens (including phenoxy) is 1. The molecular formula is C18H24BrFN2O2S. The molecule has 1 amide bonds. The number of hydrogen-bond acceptors (Lipinski definition) is 4. The smallest absolute Gasteiger partial charge is 0.410 e. The van der Waals surface area contributed by atoms with E-state index in [1.54, 1.807) is 18.0 Å². The summed E-state index contributed by atoms with van der Waals surface area (Å²) in [6.45, 7) is 9.60. The first kappa shape index (κ1) is 20.0. The molecule has 138 valence electrons. The summed E-state index contributed by atoms with van der Waals surface area (Å²) in [5.74, 6) is -0.236. The van der Waals surface area contributed by atoms with Gasteiger partial charge in [-0.3, -0.25) is 0 Å². The van der Waals surface area contributed by atoms with Gasteiger partial charge in [-0.1, -0.05) is 0 Å². The molecule has 0 saturated heterocycles. The van der Waals surface area contributed by atoms with Crippen molar-refractivity contribution in [3.63, 3.8) is 0 Å². The van der Waals surface area contributed by atoms with Gasteiger partial charge in [-0.05, 0) is 61.8 Å². The Morgan fingerprint density at radius 3 is 2.60 bits per heavy atom. The van der Waals surface area contributed by atoms with Crippen molar-refractivity contribution >= 4 is 49.1 Å². The van der Waals surface area contributed by atoms with Gasteiger partial charge in [0.25, 0.3) is 0 Å². The minimum absolute atomic E-state index is 0.236. The van der Waals surface area contributed by atoms with E-state index in [2.05, 4.69) is 27.8 Å². The molecule has 7 heteroatoms. The quantitative estimate of drug-likeness (QED) is 0.627. The maximum absolute atomic E-state index is 13.5. The van der Waals surface area contributed by atoms with Crippen LogP contribution in [-0.2, 0) is 4.74 Å². The first-order valence-electron chi connectivity index (χ1n) is 8.19. The van der Waals surface area contributed by atoms with Gasteiger partial charge in [0.1, 0.15) is 11.4 Å². The number of hydrogen-bond donors (Lipinski definition) is 0. The molecule has 0 saturated carbocycles. The summed E-state index contributed by atoms with van der Waals surface area (Å²) in [4.78, 5) is 15.9. The molecule has 25 heavy (non-hydrogen) atoms. The maximum atomic E-state index is 13.5. The Balaban J connectivity index is 2.13. The fraction of sp³-hybridized carbons (Fsp3) is 0.500. The molecule has 0 spiro atoms. The zero-order valence-electron chi connectivity index (χ0n) is 15.2. The number of halogens is 2. The van der Waals surface area contributed by atoms with Crippen molar-refractivity contribution in [1.82, 2.24) is 4.90 Å².